The lowest BCUT2D eigenvalue weighted by Crippen LogP contribution is -2.08. The summed E-state index contributed by atoms with van der Waals surface area (Å²) in [6, 6.07) is 2.19. The molecule has 0 aliphatic rings. The molecule has 5 heteroatoms. The third kappa shape index (κ3) is 2.83. The highest BCUT2D eigenvalue weighted by Crippen LogP contribution is 2.32. The lowest BCUT2D eigenvalue weighted by molar-refractivity contribution is 0.279. The van der Waals surface area contributed by atoms with Crippen molar-refractivity contribution < 1.29 is 13.9 Å². The van der Waals surface area contributed by atoms with Crippen molar-refractivity contribution >= 4 is 23.4 Å². The van der Waals surface area contributed by atoms with E-state index in [1.807, 2.05) is 0 Å². The number of terminal acetylenes is 1. The summed E-state index contributed by atoms with van der Waals surface area (Å²) in [6.07, 6.45) is 5.84. The van der Waals surface area contributed by atoms with Crippen LogP contribution in [-0.2, 0) is 4.79 Å². The van der Waals surface area contributed by atoms with Gasteiger partial charge in [0.2, 0.25) is 6.08 Å². The van der Waals surface area contributed by atoms with E-state index in [0.717, 1.165) is 6.07 Å². The molecular formula is C11H7ClFNO2. The fraction of sp³-hybridized carbons (Fsp3) is 0.182. The number of rotatable bonds is 3. The molecule has 1 atom stereocenters. The van der Waals surface area contributed by atoms with Gasteiger partial charge in [-0.2, -0.15) is 4.99 Å². The first-order valence-electron chi connectivity index (χ1n) is 4.28. The Morgan fingerprint density at radius 3 is 2.88 bits per heavy atom. The third-order valence-electron chi connectivity index (χ3n) is 1.71. The van der Waals surface area contributed by atoms with Gasteiger partial charge in [0.05, 0.1) is 5.02 Å². The number of hydrogen-bond acceptors (Lipinski definition) is 3. The highest BCUT2D eigenvalue weighted by molar-refractivity contribution is 6.32. The molecule has 0 fully saturated rings. The van der Waals surface area contributed by atoms with Gasteiger partial charge in [0.25, 0.3) is 0 Å². The number of hydrogen-bond donors (Lipinski definition) is 0. The Kier molecular flexibility index (Phi) is 4.07. The van der Waals surface area contributed by atoms with Crippen LogP contribution >= 0.6 is 11.6 Å². The van der Waals surface area contributed by atoms with E-state index in [9.17, 15) is 9.18 Å². The summed E-state index contributed by atoms with van der Waals surface area (Å²) in [5.41, 5.74) is -0.196. The monoisotopic (exact) mass is 239 g/mol. The fourth-order valence-electron chi connectivity index (χ4n) is 0.968. The van der Waals surface area contributed by atoms with Crippen LogP contribution in [0.5, 0.6) is 5.75 Å². The van der Waals surface area contributed by atoms with Gasteiger partial charge in [0.1, 0.15) is 11.4 Å². The predicted octanol–water partition coefficient (Wildman–Crippen LogP) is 2.85. The van der Waals surface area contributed by atoms with E-state index in [-0.39, 0.29) is 16.5 Å². The van der Waals surface area contributed by atoms with Gasteiger partial charge in [0, 0.05) is 6.07 Å². The van der Waals surface area contributed by atoms with Crippen molar-refractivity contribution in [2.24, 2.45) is 4.99 Å². The van der Waals surface area contributed by atoms with Crippen LogP contribution in [0.3, 0.4) is 0 Å². The van der Waals surface area contributed by atoms with Crippen LogP contribution in [0.15, 0.2) is 17.1 Å². The number of ether oxygens (including phenoxy) is 1. The van der Waals surface area contributed by atoms with E-state index in [1.54, 1.807) is 6.92 Å². The molecule has 0 spiro atoms. The van der Waals surface area contributed by atoms with E-state index in [4.69, 9.17) is 22.8 Å². The molecule has 0 radical (unpaired) electrons. The Balaban J connectivity index is 3.15. The van der Waals surface area contributed by atoms with Crippen molar-refractivity contribution in [2.45, 2.75) is 13.0 Å². The predicted molar refractivity (Wildman–Crippen MR) is 58.1 cm³/mol. The molecule has 0 aromatic heterocycles. The second-order valence-electron chi connectivity index (χ2n) is 2.86. The zero-order valence-corrected chi connectivity index (χ0v) is 9.08. The fourth-order valence-corrected chi connectivity index (χ4v) is 1.16. The first kappa shape index (κ1) is 12.3. The van der Waals surface area contributed by atoms with E-state index in [2.05, 4.69) is 10.9 Å². The summed E-state index contributed by atoms with van der Waals surface area (Å²) < 4.78 is 18.4. The molecule has 0 aliphatic carbocycles. The van der Waals surface area contributed by atoms with Gasteiger partial charge in [-0.1, -0.05) is 17.5 Å². The van der Waals surface area contributed by atoms with Gasteiger partial charge in [-0.25, -0.2) is 9.18 Å². The van der Waals surface area contributed by atoms with Gasteiger partial charge in [0.15, 0.2) is 11.9 Å². The molecule has 1 rings (SSSR count). The van der Waals surface area contributed by atoms with Gasteiger partial charge < -0.3 is 4.74 Å². The van der Waals surface area contributed by atoms with Crippen molar-refractivity contribution in [1.29, 1.82) is 0 Å². The van der Waals surface area contributed by atoms with Crippen molar-refractivity contribution in [3.05, 3.63) is 23.0 Å². The van der Waals surface area contributed by atoms with Crippen LogP contribution in [0.2, 0.25) is 5.02 Å². The van der Waals surface area contributed by atoms with Crippen LogP contribution in [-0.4, -0.2) is 12.2 Å². The van der Waals surface area contributed by atoms with Gasteiger partial charge >= 0.3 is 0 Å². The highest BCUT2D eigenvalue weighted by atomic mass is 35.5. The molecule has 1 aromatic rings. The SMILES string of the molecule is C#CC(C)Oc1cc(N=C=O)c(F)cc1Cl. The van der Waals surface area contributed by atoms with Crippen LogP contribution in [0.1, 0.15) is 6.92 Å². The minimum Gasteiger partial charge on any atom is -0.476 e. The number of aliphatic imine (C=N–C) groups is 1. The van der Waals surface area contributed by atoms with Crippen molar-refractivity contribution in [3.8, 4) is 18.1 Å². The quantitative estimate of drug-likeness (QED) is 0.462. The Bertz CT molecular complexity index is 489. The Morgan fingerprint density at radius 1 is 1.62 bits per heavy atom. The van der Waals surface area contributed by atoms with Crippen LogP contribution in [0.4, 0.5) is 10.1 Å². The van der Waals surface area contributed by atoms with E-state index in [0.29, 0.717) is 0 Å². The van der Waals surface area contributed by atoms with E-state index >= 15 is 0 Å². The molecule has 82 valence electrons. The second kappa shape index (κ2) is 5.32. The molecule has 0 heterocycles. The first-order valence-corrected chi connectivity index (χ1v) is 4.66. The molecule has 1 unspecified atom stereocenters. The van der Waals surface area contributed by atoms with Crippen LogP contribution < -0.4 is 4.74 Å². The third-order valence-corrected chi connectivity index (χ3v) is 2.00. The Hall–Kier alpha value is -1.82. The largest absolute Gasteiger partial charge is 0.476 e. The normalized spacial score (nSPS) is 11.1. The van der Waals surface area contributed by atoms with Crippen LogP contribution in [0, 0.1) is 18.2 Å². The topological polar surface area (TPSA) is 38.7 Å². The van der Waals surface area contributed by atoms with Gasteiger partial charge in [-0.15, -0.1) is 6.42 Å². The number of nitrogens with zero attached hydrogens (tertiary/aromatic N) is 1. The van der Waals surface area contributed by atoms with Crippen molar-refractivity contribution in [2.75, 3.05) is 0 Å². The number of carbonyl (C=O) groups excluding carboxylic acids is 1. The summed E-state index contributed by atoms with van der Waals surface area (Å²) in [4.78, 5) is 13.2. The molecule has 0 bridgehead atoms. The molecule has 0 saturated heterocycles. The summed E-state index contributed by atoms with van der Waals surface area (Å²) in [6.45, 7) is 1.63. The summed E-state index contributed by atoms with van der Waals surface area (Å²) in [5, 5.41) is 0.0597. The maximum atomic E-state index is 13.2. The average Bonchev–Trinajstić information content (AvgIpc) is 2.25. The van der Waals surface area contributed by atoms with Crippen molar-refractivity contribution in [3.63, 3.8) is 0 Å². The summed E-state index contributed by atoms with van der Waals surface area (Å²) in [7, 11) is 0. The van der Waals surface area contributed by atoms with E-state index in [1.165, 1.54) is 12.1 Å². The molecule has 0 amide bonds. The number of benzene rings is 1. The maximum absolute atomic E-state index is 13.2. The average molecular weight is 240 g/mol. The molecule has 0 saturated carbocycles. The Labute approximate surface area is 96.9 Å². The molecule has 0 N–H and O–H groups in total. The molecular weight excluding hydrogens is 233 g/mol. The zero-order chi connectivity index (χ0) is 12.1. The van der Waals surface area contributed by atoms with Crippen molar-refractivity contribution in [1.82, 2.24) is 0 Å². The number of isocyanates is 1. The summed E-state index contributed by atoms with van der Waals surface area (Å²) in [5.74, 6) is 1.77. The Morgan fingerprint density at radius 2 is 2.31 bits per heavy atom. The molecule has 0 aliphatic heterocycles. The smallest absolute Gasteiger partial charge is 0.240 e. The number of halogens is 2. The maximum Gasteiger partial charge on any atom is 0.240 e. The first-order chi connectivity index (χ1) is 7.58. The van der Waals surface area contributed by atoms with Gasteiger partial charge in [-0.05, 0) is 13.0 Å². The lowest BCUT2D eigenvalue weighted by Gasteiger charge is -2.11. The van der Waals surface area contributed by atoms with Gasteiger partial charge in [-0.3, -0.25) is 0 Å². The lowest BCUT2D eigenvalue weighted by atomic mass is 10.3. The molecule has 3 nitrogen and oxygen atoms in total. The minimum absolute atomic E-state index is 0.0597. The summed E-state index contributed by atoms with van der Waals surface area (Å²) >= 11 is 5.73. The molecule has 16 heavy (non-hydrogen) atoms. The highest BCUT2D eigenvalue weighted by Gasteiger charge is 2.11. The van der Waals surface area contributed by atoms with Crippen LogP contribution in [0.25, 0.3) is 0 Å². The standard InChI is InChI=1S/C11H7ClFNO2/c1-3-7(2)16-11-5-10(14-6-15)9(13)4-8(11)12/h1,4-5,7H,2H3. The van der Waals surface area contributed by atoms with E-state index < -0.39 is 11.9 Å². The zero-order valence-electron chi connectivity index (χ0n) is 8.33. The molecule has 1 aromatic carbocycles. The second-order valence-corrected chi connectivity index (χ2v) is 3.27. The minimum atomic E-state index is -0.728.